The lowest BCUT2D eigenvalue weighted by atomic mass is 10.0. The molecule has 1 saturated heterocycles. The quantitative estimate of drug-likeness (QED) is 0.856. The van der Waals surface area contributed by atoms with Crippen LogP contribution in [-0.2, 0) is 22.4 Å². The zero-order valence-electron chi connectivity index (χ0n) is 13.4. The van der Waals surface area contributed by atoms with Crippen molar-refractivity contribution < 1.29 is 19.2 Å². The molecule has 0 bridgehead atoms. The van der Waals surface area contributed by atoms with E-state index in [4.69, 9.17) is 9.26 Å². The van der Waals surface area contributed by atoms with Crippen LogP contribution in [-0.4, -0.2) is 42.3 Å². The number of aryl methyl sites for hydroxylation is 2. The fourth-order valence-corrected chi connectivity index (χ4v) is 3.47. The first-order valence-electron chi connectivity index (χ1n) is 8.06. The fourth-order valence-electron chi connectivity index (χ4n) is 3.47. The standard InChI is InChI=1S/C17H19N3O4/c1-18-16(21)17(22)20(7-8-23-17)13-5-6-14-11(9-13)3-2-4-12-10-19-24-15(12)14/h5-6,9-10,22H,2-4,7-8H2,1H3,(H,18,21)/t17-/m0/s1. The van der Waals surface area contributed by atoms with Crippen LogP contribution in [0, 0.1) is 0 Å². The van der Waals surface area contributed by atoms with Gasteiger partial charge in [-0.15, -0.1) is 0 Å². The van der Waals surface area contributed by atoms with Gasteiger partial charge in [-0.2, -0.15) is 0 Å². The van der Waals surface area contributed by atoms with Gasteiger partial charge in [-0.3, -0.25) is 4.79 Å². The van der Waals surface area contributed by atoms with Gasteiger partial charge >= 0.3 is 11.8 Å². The third-order valence-corrected chi connectivity index (χ3v) is 4.69. The monoisotopic (exact) mass is 329 g/mol. The molecule has 0 unspecified atom stereocenters. The third kappa shape index (κ3) is 2.20. The van der Waals surface area contributed by atoms with Gasteiger partial charge in [0.2, 0.25) is 0 Å². The minimum atomic E-state index is -1.97. The number of anilines is 1. The fraction of sp³-hybridized carbons (Fsp3) is 0.412. The molecule has 7 nitrogen and oxygen atoms in total. The Morgan fingerprint density at radius 2 is 2.21 bits per heavy atom. The zero-order chi connectivity index (χ0) is 16.7. The number of fused-ring (bicyclic) bond motifs is 3. The molecule has 2 heterocycles. The van der Waals surface area contributed by atoms with Crippen LogP contribution in [0.2, 0.25) is 0 Å². The first-order valence-corrected chi connectivity index (χ1v) is 8.06. The second kappa shape index (κ2) is 5.61. The van der Waals surface area contributed by atoms with E-state index in [0.29, 0.717) is 6.54 Å². The number of carbonyl (C=O) groups is 1. The number of rotatable bonds is 2. The van der Waals surface area contributed by atoms with Gasteiger partial charge in [0, 0.05) is 30.4 Å². The van der Waals surface area contributed by atoms with E-state index in [1.807, 2.05) is 18.2 Å². The number of hydrogen-bond donors (Lipinski definition) is 2. The van der Waals surface area contributed by atoms with Crippen LogP contribution in [0.5, 0.6) is 0 Å². The Hall–Kier alpha value is -2.38. The largest absolute Gasteiger partial charge is 0.356 e. The highest BCUT2D eigenvalue weighted by atomic mass is 16.7. The number of benzene rings is 1. The Labute approximate surface area is 139 Å². The van der Waals surface area contributed by atoms with Crippen LogP contribution >= 0.6 is 0 Å². The lowest BCUT2D eigenvalue weighted by Crippen LogP contribution is -2.56. The number of amides is 1. The smallest absolute Gasteiger partial charge is 0.333 e. The SMILES string of the molecule is CNC(=O)[C@]1(O)OCCN1c1ccc2c(c1)CCCc1cnoc1-2. The summed E-state index contributed by atoms with van der Waals surface area (Å²) in [6.07, 6.45) is 4.61. The van der Waals surface area contributed by atoms with Gasteiger partial charge in [-0.25, -0.2) is 0 Å². The molecule has 1 aliphatic heterocycles. The van der Waals surface area contributed by atoms with Crippen LogP contribution in [0.25, 0.3) is 11.3 Å². The van der Waals surface area contributed by atoms with E-state index in [-0.39, 0.29) is 6.61 Å². The molecule has 126 valence electrons. The highest BCUT2D eigenvalue weighted by molar-refractivity contribution is 5.87. The maximum absolute atomic E-state index is 12.0. The summed E-state index contributed by atoms with van der Waals surface area (Å²) in [6, 6.07) is 5.83. The second-order valence-electron chi connectivity index (χ2n) is 6.06. The van der Waals surface area contributed by atoms with Crippen molar-refractivity contribution in [3.8, 4) is 11.3 Å². The molecule has 1 atom stereocenters. The normalized spacial score (nSPS) is 22.7. The van der Waals surface area contributed by atoms with Gasteiger partial charge in [0.15, 0.2) is 5.76 Å². The summed E-state index contributed by atoms with van der Waals surface area (Å²) in [7, 11) is 1.47. The highest BCUT2D eigenvalue weighted by Gasteiger charge is 2.47. The van der Waals surface area contributed by atoms with Gasteiger partial charge in [0.05, 0.1) is 12.8 Å². The number of aromatic nitrogens is 1. The third-order valence-electron chi connectivity index (χ3n) is 4.69. The number of aliphatic hydroxyl groups is 1. The molecule has 0 spiro atoms. The molecular formula is C17H19N3O4. The summed E-state index contributed by atoms with van der Waals surface area (Å²) in [6.45, 7) is 0.726. The van der Waals surface area contributed by atoms with Crippen molar-refractivity contribution in [1.29, 1.82) is 0 Å². The van der Waals surface area contributed by atoms with Crippen LogP contribution in [0.4, 0.5) is 5.69 Å². The summed E-state index contributed by atoms with van der Waals surface area (Å²) in [5.41, 5.74) is 4.01. The van der Waals surface area contributed by atoms with Crippen molar-refractivity contribution in [1.82, 2.24) is 10.5 Å². The van der Waals surface area contributed by atoms with E-state index in [1.54, 1.807) is 11.1 Å². The van der Waals surface area contributed by atoms with Gasteiger partial charge in [-0.05, 0) is 43.0 Å². The minimum absolute atomic E-state index is 0.285. The molecule has 4 rings (SSSR count). The molecule has 2 aromatic rings. The molecule has 1 aliphatic carbocycles. The number of likely N-dealkylation sites (N-methyl/N-ethyl adjacent to an activating group) is 1. The van der Waals surface area contributed by atoms with E-state index < -0.39 is 11.8 Å². The Morgan fingerprint density at radius 1 is 1.38 bits per heavy atom. The molecule has 1 amide bonds. The second-order valence-corrected chi connectivity index (χ2v) is 6.06. The van der Waals surface area contributed by atoms with Crippen molar-refractivity contribution in [3.05, 3.63) is 35.5 Å². The van der Waals surface area contributed by atoms with Crippen LogP contribution in [0.15, 0.2) is 28.9 Å². The molecule has 2 aliphatic rings. The van der Waals surface area contributed by atoms with Gasteiger partial charge in [-0.1, -0.05) is 5.16 Å². The van der Waals surface area contributed by atoms with Gasteiger partial charge in [0.25, 0.3) is 0 Å². The summed E-state index contributed by atoms with van der Waals surface area (Å²) in [5.74, 6) is -1.73. The summed E-state index contributed by atoms with van der Waals surface area (Å²) >= 11 is 0. The average molecular weight is 329 g/mol. The van der Waals surface area contributed by atoms with Crippen molar-refractivity contribution in [2.45, 2.75) is 25.2 Å². The molecule has 0 radical (unpaired) electrons. The first-order chi connectivity index (χ1) is 11.6. The number of nitrogens with zero attached hydrogens (tertiary/aromatic N) is 2. The highest BCUT2D eigenvalue weighted by Crippen LogP contribution is 2.36. The van der Waals surface area contributed by atoms with Gasteiger partial charge in [0.1, 0.15) is 0 Å². The molecule has 2 N–H and O–H groups in total. The topological polar surface area (TPSA) is 87.8 Å². The number of nitrogens with one attached hydrogen (secondary N) is 1. The minimum Gasteiger partial charge on any atom is -0.356 e. The Morgan fingerprint density at radius 3 is 3.04 bits per heavy atom. The molecule has 1 aromatic heterocycles. The molecule has 0 saturated carbocycles. The number of carbonyl (C=O) groups excluding carboxylic acids is 1. The lowest BCUT2D eigenvalue weighted by molar-refractivity contribution is -0.187. The van der Waals surface area contributed by atoms with Crippen LogP contribution in [0.3, 0.4) is 0 Å². The number of ether oxygens (including phenoxy) is 1. The van der Waals surface area contributed by atoms with Crippen LogP contribution in [0.1, 0.15) is 17.5 Å². The Balaban J connectivity index is 1.74. The van der Waals surface area contributed by atoms with E-state index in [2.05, 4.69) is 10.5 Å². The predicted molar refractivity (Wildman–Crippen MR) is 86.3 cm³/mol. The number of hydrogen-bond acceptors (Lipinski definition) is 6. The van der Waals surface area contributed by atoms with Crippen LogP contribution < -0.4 is 10.2 Å². The van der Waals surface area contributed by atoms with E-state index in [9.17, 15) is 9.90 Å². The molecule has 1 aromatic carbocycles. The molecule has 1 fully saturated rings. The average Bonchev–Trinajstić information content (AvgIpc) is 3.18. The van der Waals surface area contributed by atoms with E-state index in [0.717, 1.165) is 47.4 Å². The summed E-state index contributed by atoms with van der Waals surface area (Å²) in [4.78, 5) is 13.6. The van der Waals surface area contributed by atoms with E-state index >= 15 is 0 Å². The Bertz CT molecular complexity index is 788. The molecule has 7 heteroatoms. The van der Waals surface area contributed by atoms with Crippen molar-refractivity contribution in [3.63, 3.8) is 0 Å². The van der Waals surface area contributed by atoms with Crippen molar-refractivity contribution >= 4 is 11.6 Å². The molecular weight excluding hydrogens is 310 g/mol. The maximum atomic E-state index is 12.0. The Kier molecular flexibility index (Phi) is 3.54. The lowest BCUT2D eigenvalue weighted by Gasteiger charge is -2.31. The zero-order valence-corrected chi connectivity index (χ0v) is 13.4. The van der Waals surface area contributed by atoms with E-state index in [1.165, 1.54) is 7.05 Å². The summed E-state index contributed by atoms with van der Waals surface area (Å²) < 4.78 is 10.7. The maximum Gasteiger partial charge on any atom is 0.333 e. The van der Waals surface area contributed by atoms with Crippen molar-refractivity contribution in [2.75, 3.05) is 25.1 Å². The van der Waals surface area contributed by atoms with Gasteiger partial charge < -0.3 is 24.6 Å². The molecule has 24 heavy (non-hydrogen) atoms. The first kappa shape index (κ1) is 15.2. The summed E-state index contributed by atoms with van der Waals surface area (Å²) in [5, 5.41) is 17.0. The predicted octanol–water partition coefficient (Wildman–Crippen LogP) is 1.06. The van der Waals surface area contributed by atoms with Crippen molar-refractivity contribution in [2.24, 2.45) is 0 Å².